The molecular formula is C21H25N3O4. The number of nitrogens with one attached hydrogen (secondary N) is 2. The molecule has 148 valence electrons. The van der Waals surface area contributed by atoms with Crippen molar-refractivity contribution in [3.05, 3.63) is 29.8 Å². The molecule has 3 aliphatic carbocycles. The van der Waals surface area contributed by atoms with Gasteiger partial charge in [0, 0.05) is 31.3 Å². The lowest BCUT2D eigenvalue weighted by Gasteiger charge is -2.60. The van der Waals surface area contributed by atoms with E-state index in [9.17, 15) is 14.4 Å². The number of carbonyl (C=O) groups is 3. The first-order chi connectivity index (χ1) is 13.4. The predicted molar refractivity (Wildman–Crippen MR) is 100 cm³/mol. The smallest absolute Gasteiger partial charge is 0.258 e. The summed E-state index contributed by atoms with van der Waals surface area (Å²) in [6.07, 6.45) is 3.14. The van der Waals surface area contributed by atoms with Gasteiger partial charge in [-0.05, 0) is 36.8 Å². The second kappa shape index (κ2) is 5.96. The maximum atomic E-state index is 13.2. The quantitative estimate of drug-likeness (QED) is 0.765. The van der Waals surface area contributed by atoms with Crippen molar-refractivity contribution in [3.8, 4) is 5.75 Å². The van der Waals surface area contributed by atoms with Crippen molar-refractivity contribution in [2.24, 2.45) is 17.3 Å². The molecule has 6 rings (SSSR count). The number of rotatable bonds is 1. The molecule has 7 nitrogen and oxygen atoms in total. The third-order valence-electron chi connectivity index (χ3n) is 7.15. The summed E-state index contributed by atoms with van der Waals surface area (Å²) in [6, 6.07) is 7.32. The molecule has 0 aromatic heterocycles. The van der Waals surface area contributed by atoms with Crippen molar-refractivity contribution < 1.29 is 19.1 Å². The average Bonchev–Trinajstić information content (AvgIpc) is 2.67. The molecule has 2 bridgehead atoms. The lowest BCUT2D eigenvalue weighted by molar-refractivity contribution is -0.175. The van der Waals surface area contributed by atoms with Crippen LogP contribution in [0.5, 0.6) is 5.75 Å². The Labute approximate surface area is 163 Å². The van der Waals surface area contributed by atoms with Gasteiger partial charge in [0.2, 0.25) is 11.8 Å². The number of hydrogen-bond acceptors (Lipinski definition) is 4. The van der Waals surface area contributed by atoms with Gasteiger partial charge in [-0.15, -0.1) is 0 Å². The lowest BCUT2D eigenvalue weighted by atomic mass is 9.52. The van der Waals surface area contributed by atoms with E-state index in [-0.39, 0.29) is 41.5 Å². The minimum Gasteiger partial charge on any atom is -0.467 e. The largest absolute Gasteiger partial charge is 0.467 e. The number of piperazine rings is 1. The number of amides is 3. The molecule has 0 unspecified atom stereocenters. The van der Waals surface area contributed by atoms with E-state index in [1.165, 1.54) is 0 Å². The van der Waals surface area contributed by atoms with E-state index in [1.807, 2.05) is 18.2 Å². The van der Waals surface area contributed by atoms with Crippen molar-refractivity contribution in [1.82, 2.24) is 15.5 Å². The van der Waals surface area contributed by atoms with Gasteiger partial charge in [-0.3, -0.25) is 14.4 Å². The van der Waals surface area contributed by atoms with Gasteiger partial charge in [-0.2, -0.15) is 0 Å². The summed E-state index contributed by atoms with van der Waals surface area (Å²) in [6.45, 7) is 3.35. The van der Waals surface area contributed by atoms with Crippen LogP contribution in [0.25, 0.3) is 0 Å². The van der Waals surface area contributed by atoms with E-state index in [1.54, 1.807) is 11.0 Å². The Morgan fingerprint density at radius 1 is 1.29 bits per heavy atom. The third-order valence-corrected chi connectivity index (χ3v) is 7.15. The first kappa shape index (κ1) is 17.5. The number of nitrogens with zero attached hydrogens (tertiary/aromatic N) is 1. The Morgan fingerprint density at radius 3 is 2.89 bits per heavy atom. The van der Waals surface area contributed by atoms with Crippen LogP contribution in [-0.4, -0.2) is 48.0 Å². The molecule has 3 amide bonds. The van der Waals surface area contributed by atoms with Crippen molar-refractivity contribution >= 4 is 17.7 Å². The first-order valence-corrected chi connectivity index (χ1v) is 10.1. The van der Waals surface area contributed by atoms with Crippen LogP contribution >= 0.6 is 0 Å². The summed E-state index contributed by atoms with van der Waals surface area (Å²) in [4.78, 5) is 39.4. The lowest BCUT2D eigenvalue weighted by Crippen LogP contribution is -2.69. The SMILES string of the molecule is C[C@@]12CC[C@@H](C[C@H]1C(=O)N1CCNC(=O)C1)[C@@]1(C2)NC(=O)c2ccccc2O1. The highest BCUT2D eigenvalue weighted by Crippen LogP contribution is 2.59. The second-order valence-electron chi connectivity index (χ2n) is 8.91. The van der Waals surface area contributed by atoms with Crippen LogP contribution in [0.1, 0.15) is 43.0 Å². The zero-order chi connectivity index (χ0) is 19.5. The van der Waals surface area contributed by atoms with E-state index in [4.69, 9.17) is 4.74 Å². The molecule has 0 radical (unpaired) electrons. The van der Waals surface area contributed by atoms with Gasteiger partial charge in [-0.25, -0.2) is 0 Å². The molecule has 1 aromatic rings. The zero-order valence-electron chi connectivity index (χ0n) is 16.0. The number of carbonyl (C=O) groups excluding carboxylic acids is 3. The van der Waals surface area contributed by atoms with Crippen molar-refractivity contribution in [2.75, 3.05) is 19.6 Å². The third kappa shape index (κ3) is 2.52. The molecule has 28 heavy (non-hydrogen) atoms. The highest BCUT2D eigenvalue weighted by molar-refractivity contribution is 5.98. The summed E-state index contributed by atoms with van der Waals surface area (Å²) >= 11 is 0. The summed E-state index contributed by atoms with van der Waals surface area (Å²) in [5.41, 5.74) is -0.444. The molecule has 1 spiro atoms. The van der Waals surface area contributed by atoms with Gasteiger partial charge in [0.15, 0.2) is 5.72 Å². The molecule has 2 N–H and O–H groups in total. The maximum Gasteiger partial charge on any atom is 0.258 e. The van der Waals surface area contributed by atoms with Crippen molar-refractivity contribution in [2.45, 2.75) is 38.3 Å². The number of fused-ring (bicyclic) bond motifs is 3. The number of para-hydroxylation sites is 1. The Morgan fingerprint density at radius 2 is 2.11 bits per heavy atom. The fourth-order valence-electron chi connectivity index (χ4n) is 5.68. The molecular weight excluding hydrogens is 358 g/mol. The summed E-state index contributed by atoms with van der Waals surface area (Å²) in [5, 5.41) is 5.91. The van der Waals surface area contributed by atoms with Gasteiger partial charge in [0.1, 0.15) is 5.75 Å². The first-order valence-electron chi connectivity index (χ1n) is 10.1. The van der Waals surface area contributed by atoms with Crippen LogP contribution in [0.3, 0.4) is 0 Å². The second-order valence-corrected chi connectivity index (χ2v) is 8.91. The van der Waals surface area contributed by atoms with Crippen LogP contribution < -0.4 is 15.4 Å². The fraction of sp³-hybridized carbons (Fsp3) is 0.571. The Bertz CT molecular complexity index is 871. The summed E-state index contributed by atoms with van der Waals surface area (Å²) < 4.78 is 6.40. The number of hydrogen-bond donors (Lipinski definition) is 2. The monoisotopic (exact) mass is 383 g/mol. The topological polar surface area (TPSA) is 87.7 Å². The number of ether oxygens (including phenoxy) is 1. The van der Waals surface area contributed by atoms with Gasteiger partial charge >= 0.3 is 0 Å². The Balaban J connectivity index is 1.42. The van der Waals surface area contributed by atoms with E-state index < -0.39 is 5.72 Å². The van der Waals surface area contributed by atoms with Gasteiger partial charge in [-0.1, -0.05) is 19.1 Å². The maximum absolute atomic E-state index is 13.2. The highest BCUT2D eigenvalue weighted by atomic mass is 16.5. The van der Waals surface area contributed by atoms with Crippen LogP contribution in [0.2, 0.25) is 0 Å². The Kier molecular flexibility index (Phi) is 3.73. The van der Waals surface area contributed by atoms with Gasteiger partial charge in [0.05, 0.1) is 12.1 Å². The Hall–Kier alpha value is -2.57. The van der Waals surface area contributed by atoms with Crippen LogP contribution in [0.4, 0.5) is 0 Å². The van der Waals surface area contributed by atoms with Crippen LogP contribution in [0, 0.1) is 17.3 Å². The predicted octanol–water partition coefficient (Wildman–Crippen LogP) is 1.29. The van der Waals surface area contributed by atoms with E-state index in [0.717, 1.165) is 12.8 Å². The average molecular weight is 383 g/mol. The van der Waals surface area contributed by atoms with Crippen LogP contribution in [0.15, 0.2) is 24.3 Å². The molecule has 5 aliphatic rings. The van der Waals surface area contributed by atoms with Gasteiger partial charge < -0.3 is 20.3 Å². The van der Waals surface area contributed by atoms with E-state index in [0.29, 0.717) is 37.2 Å². The molecule has 2 heterocycles. The molecule has 1 aromatic carbocycles. The standard InChI is InChI=1S/C21H25N3O4/c1-20-7-6-13(10-15(20)19(27)24-9-8-22-17(25)11-24)21(12-20)23-18(26)14-4-2-3-5-16(14)28-21/h2-5,13,15H,6-12H2,1H3,(H,22,25)(H,23,26)/t13-,15-,20-,21-/m0/s1. The van der Waals surface area contributed by atoms with E-state index in [2.05, 4.69) is 17.6 Å². The molecule has 4 atom stereocenters. The molecule has 1 saturated heterocycles. The normalized spacial score (nSPS) is 36.4. The molecule has 4 fully saturated rings. The minimum atomic E-state index is -0.742. The molecule has 7 heteroatoms. The fourth-order valence-corrected chi connectivity index (χ4v) is 5.68. The van der Waals surface area contributed by atoms with Gasteiger partial charge in [0.25, 0.3) is 5.91 Å². The zero-order valence-corrected chi connectivity index (χ0v) is 16.0. The molecule has 2 aliphatic heterocycles. The summed E-state index contributed by atoms with van der Waals surface area (Å²) in [7, 11) is 0. The molecule has 3 saturated carbocycles. The van der Waals surface area contributed by atoms with Crippen LogP contribution in [-0.2, 0) is 9.59 Å². The highest BCUT2D eigenvalue weighted by Gasteiger charge is 2.62. The number of benzene rings is 1. The van der Waals surface area contributed by atoms with Crippen molar-refractivity contribution in [3.63, 3.8) is 0 Å². The van der Waals surface area contributed by atoms with E-state index >= 15 is 0 Å². The van der Waals surface area contributed by atoms with Crippen molar-refractivity contribution in [1.29, 1.82) is 0 Å². The summed E-state index contributed by atoms with van der Waals surface area (Å²) in [5.74, 6) is 0.437. The minimum absolute atomic E-state index is 0.0689.